The van der Waals surface area contributed by atoms with Crippen LogP contribution in [0.3, 0.4) is 0 Å². The van der Waals surface area contributed by atoms with Crippen molar-refractivity contribution in [3.05, 3.63) is 70.5 Å². The maximum atomic E-state index is 12.3. The predicted molar refractivity (Wildman–Crippen MR) is 103 cm³/mol. The first kappa shape index (κ1) is 18.0. The SMILES string of the molecule is COc1ccccc1Nc1ncc(C(=O)Nc2cc(Cl)cc(Cl)c2)cn1. The summed E-state index contributed by atoms with van der Waals surface area (Å²) in [4.78, 5) is 20.6. The molecule has 6 nitrogen and oxygen atoms in total. The van der Waals surface area contributed by atoms with Crippen molar-refractivity contribution in [1.29, 1.82) is 0 Å². The van der Waals surface area contributed by atoms with E-state index < -0.39 is 0 Å². The number of halogens is 2. The van der Waals surface area contributed by atoms with Crippen LogP contribution in [0.25, 0.3) is 0 Å². The maximum absolute atomic E-state index is 12.3. The van der Waals surface area contributed by atoms with E-state index in [0.717, 1.165) is 5.69 Å². The fourth-order valence-electron chi connectivity index (χ4n) is 2.21. The van der Waals surface area contributed by atoms with Gasteiger partial charge in [0.2, 0.25) is 5.95 Å². The van der Waals surface area contributed by atoms with E-state index >= 15 is 0 Å². The Balaban J connectivity index is 1.71. The highest BCUT2D eigenvalue weighted by Gasteiger charge is 2.10. The molecule has 1 aromatic heterocycles. The molecule has 0 spiro atoms. The zero-order valence-corrected chi connectivity index (χ0v) is 15.2. The number of rotatable bonds is 5. The van der Waals surface area contributed by atoms with Crippen molar-refractivity contribution >= 4 is 46.4 Å². The molecule has 0 atom stereocenters. The third kappa shape index (κ3) is 4.41. The Bertz CT molecular complexity index is 912. The molecule has 0 bridgehead atoms. The number of aromatic nitrogens is 2. The lowest BCUT2D eigenvalue weighted by Gasteiger charge is -2.10. The number of nitrogens with one attached hydrogen (secondary N) is 2. The van der Waals surface area contributed by atoms with Gasteiger partial charge in [-0.2, -0.15) is 0 Å². The van der Waals surface area contributed by atoms with Crippen LogP contribution in [0.15, 0.2) is 54.9 Å². The van der Waals surface area contributed by atoms with Crippen molar-refractivity contribution in [2.75, 3.05) is 17.7 Å². The molecular formula is C18H14Cl2N4O2. The van der Waals surface area contributed by atoms with Gasteiger partial charge in [-0.05, 0) is 30.3 Å². The fourth-order valence-corrected chi connectivity index (χ4v) is 2.73. The molecule has 3 aromatic rings. The second kappa shape index (κ2) is 8.03. The monoisotopic (exact) mass is 388 g/mol. The van der Waals surface area contributed by atoms with E-state index in [-0.39, 0.29) is 5.91 Å². The van der Waals surface area contributed by atoms with Gasteiger partial charge in [-0.25, -0.2) is 9.97 Å². The Kier molecular flexibility index (Phi) is 5.55. The highest BCUT2D eigenvalue weighted by atomic mass is 35.5. The van der Waals surface area contributed by atoms with Crippen LogP contribution in [0.1, 0.15) is 10.4 Å². The third-order valence-corrected chi connectivity index (χ3v) is 3.82. The maximum Gasteiger partial charge on any atom is 0.258 e. The lowest BCUT2D eigenvalue weighted by atomic mass is 10.2. The van der Waals surface area contributed by atoms with Gasteiger partial charge in [0.25, 0.3) is 5.91 Å². The molecule has 2 N–H and O–H groups in total. The van der Waals surface area contributed by atoms with Crippen LogP contribution in [-0.2, 0) is 0 Å². The molecule has 3 rings (SSSR count). The van der Waals surface area contributed by atoms with Crippen LogP contribution in [-0.4, -0.2) is 23.0 Å². The summed E-state index contributed by atoms with van der Waals surface area (Å²) in [6.07, 6.45) is 2.85. The van der Waals surface area contributed by atoms with E-state index in [1.54, 1.807) is 25.3 Å². The smallest absolute Gasteiger partial charge is 0.258 e. The van der Waals surface area contributed by atoms with Gasteiger partial charge in [-0.3, -0.25) is 4.79 Å². The second-order valence-corrected chi connectivity index (χ2v) is 6.11. The van der Waals surface area contributed by atoms with Crippen LogP contribution < -0.4 is 15.4 Å². The standard InChI is InChI=1S/C18H14Cl2N4O2/c1-26-16-5-3-2-4-15(16)24-18-21-9-11(10-22-18)17(25)23-14-7-12(19)6-13(20)8-14/h2-10H,1H3,(H,23,25)(H,21,22,24). The number of carbonyl (C=O) groups is 1. The Morgan fingerprint density at radius 2 is 1.69 bits per heavy atom. The number of hydrogen-bond donors (Lipinski definition) is 2. The van der Waals surface area contributed by atoms with Crippen LogP contribution in [0.5, 0.6) is 5.75 Å². The van der Waals surface area contributed by atoms with Crippen molar-refractivity contribution in [3.8, 4) is 5.75 Å². The zero-order valence-electron chi connectivity index (χ0n) is 13.7. The molecule has 26 heavy (non-hydrogen) atoms. The van der Waals surface area contributed by atoms with Crippen molar-refractivity contribution in [2.24, 2.45) is 0 Å². The van der Waals surface area contributed by atoms with Crippen LogP contribution in [0.4, 0.5) is 17.3 Å². The van der Waals surface area contributed by atoms with E-state index in [9.17, 15) is 4.79 Å². The van der Waals surface area contributed by atoms with E-state index in [2.05, 4.69) is 20.6 Å². The Hall–Kier alpha value is -2.83. The summed E-state index contributed by atoms with van der Waals surface area (Å²) in [6, 6.07) is 12.2. The van der Waals surface area contributed by atoms with E-state index in [1.807, 2.05) is 24.3 Å². The topological polar surface area (TPSA) is 76.1 Å². The van der Waals surface area contributed by atoms with Crippen LogP contribution in [0.2, 0.25) is 10.0 Å². The Labute approximate surface area is 160 Å². The van der Waals surface area contributed by atoms with Gasteiger partial charge < -0.3 is 15.4 Å². The van der Waals surface area contributed by atoms with Crippen molar-refractivity contribution < 1.29 is 9.53 Å². The molecule has 132 valence electrons. The minimum Gasteiger partial charge on any atom is -0.495 e. The largest absolute Gasteiger partial charge is 0.495 e. The van der Waals surface area contributed by atoms with E-state index in [4.69, 9.17) is 27.9 Å². The van der Waals surface area contributed by atoms with Gasteiger partial charge in [-0.15, -0.1) is 0 Å². The average molecular weight is 389 g/mol. The minimum absolute atomic E-state index is 0.298. The van der Waals surface area contributed by atoms with Gasteiger partial charge in [0.05, 0.1) is 18.4 Å². The molecule has 0 aliphatic heterocycles. The number of ether oxygens (including phenoxy) is 1. The Morgan fingerprint density at radius 3 is 2.35 bits per heavy atom. The number of amides is 1. The Morgan fingerprint density at radius 1 is 1.04 bits per heavy atom. The molecule has 0 unspecified atom stereocenters. The molecule has 0 aliphatic rings. The number of methoxy groups -OCH3 is 1. The van der Waals surface area contributed by atoms with Crippen molar-refractivity contribution in [1.82, 2.24) is 9.97 Å². The molecule has 1 amide bonds. The minimum atomic E-state index is -0.368. The van der Waals surface area contributed by atoms with Crippen molar-refractivity contribution in [3.63, 3.8) is 0 Å². The average Bonchev–Trinajstić information content (AvgIpc) is 2.62. The van der Waals surface area contributed by atoms with Crippen LogP contribution >= 0.6 is 23.2 Å². The summed E-state index contributed by atoms with van der Waals surface area (Å²) in [5, 5.41) is 6.60. The first-order chi connectivity index (χ1) is 12.5. The number of para-hydroxylation sites is 2. The van der Waals surface area contributed by atoms with Crippen LogP contribution in [0, 0.1) is 0 Å². The molecule has 0 radical (unpaired) electrons. The summed E-state index contributed by atoms with van der Waals surface area (Å²) in [6.45, 7) is 0. The third-order valence-electron chi connectivity index (χ3n) is 3.39. The molecule has 1 heterocycles. The molecule has 0 fully saturated rings. The highest BCUT2D eigenvalue weighted by Crippen LogP contribution is 2.25. The number of nitrogens with zero attached hydrogens (tertiary/aromatic N) is 2. The molecule has 8 heteroatoms. The number of anilines is 3. The summed E-state index contributed by atoms with van der Waals surface area (Å²) in [5.74, 6) is 0.639. The predicted octanol–water partition coefficient (Wildman–Crippen LogP) is 4.79. The van der Waals surface area contributed by atoms with Gasteiger partial charge in [-0.1, -0.05) is 35.3 Å². The molecular weight excluding hydrogens is 375 g/mol. The first-order valence-corrected chi connectivity index (χ1v) is 8.30. The number of benzene rings is 2. The lowest BCUT2D eigenvalue weighted by molar-refractivity contribution is 0.102. The van der Waals surface area contributed by atoms with E-state index in [1.165, 1.54) is 12.4 Å². The normalized spacial score (nSPS) is 10.3. The van der Waals surface area contributed by atoms with Gasteiger partial charge in [0.15, 0.2) is 0 Å². The van der Waals surface area contributed by atoms with E-state index in [0.29, 0.717) is 33.0 Å². The lowest BCUT2D eigenvalue weighted by Crippen LogP contribution is -2.13. The molecule has 0 aliphatic carbocycles. The van der Waals surface area contributed by atoms with Gasteiger partial charge in [0.1, 0.15) is 5.75 Å². The second-order valence-electron chi connectivity index (χ2n) is 5.23. The highest BCUT2D eigenvalue weighted by molar-refractivity contribution is 6.35. The summed E-state index contributed by atoms with van der Waals surface area (Å²) in [5.41, 5.74) is 1.51. The number of carbonyl (C=O) groups excluding carboxylic acids is 1. The molecule has 0 saturated carbocycles. The fraction of sp³-hybridized carbons (Fsp3) is 0.0556. The van der Waals surface area contributed by atoms with Gasteiger partial charge in [0, 0.05) is 28.1 Å². The van der Waals surface area contributed by atoms with Crippen molar-refractivity contribution in [2.45, 2.75) is 0 Å². The zero-order chi connectivity index (χ0) is 18.5. The summed E-state index contributed by atoms with van der Waals surface area (Å²) < 4.78 is 5.26. The quantitative estimate of drug-likeness (QED) is 0.656. The van der Waals surface area contributed by atoms with Gasteiger partial charge >= 0.3 is 0 Å². The first-order valence-electron chi connectivity index (χ1n) is 7.54. The molecule has 2 aromatic carbocycles. The summed E-state index contributed by atoms with van der Waals surface area (Å²) >= 11 is 11.8. The summed E-state index contributed by atoms with van der Waals surface area (Å²) in [7, 11) is 1.58. The molecule has 0 saturated heterocycles. The number of hydrogen-bond acceptors (Lipinski definition) is 5.